The Morgan fingerprint density at radius 2 is 2.07 bits per heavy atom. The van der Waals surface area contributed by atoms with Gasteiger partial charge in [-0.3, -0.25) is 9.88 Å². The first kappa shape index (κ1) is 10.7. The van der Waals surface area contributed by atoms with Gasteiger partial charge in [-0.1, -0.05) is 18.2 Å². The zero-order chi connectivity index (χ0) is 10.2. The smallest absolute Gasteiger partial charge is 0.0934 e. The summed E-state index contributed by atoms with van der Waals surface area (Å²) in [6, 6.07) is 3.94. The Morgan fingerprint density at radius 1 is 1.36 bits per heavy atom. The van der Waals surface area contributed by atoms with Crippen LogP contribution in [0.2, 0.25) is 0 Å². The molecular formula is C12H15N2. The van der Waals surface area contributed by atoms with E-state index in [4.69, 9.17) is 0 Å². The van der Waals surface area contributed by atoms with Crippen molar-refractivity contribution in [2.45, 2.75) is 6.54 Å². The molecule has 0 spiro atoms. The van der Waals surface area contributed by atoms with Crippen LogP contribution in [-0.2, 0) is 6.54 Å². The Bertz CT molecular complexity index is 270. The third-order valence-electron chi connectivity index (χ3n) is 1.83. The average Bonchev–Trinajstić information content (AvgIpc) is 2.20. The lowest BCUT2D eigenvalue weighted by Crippen LogP contribution is -2.23. The van der Waals surface area contributed by atoms with E-state index < -0.39 is 0 Å². The Hall–Kier alpha value is -1.41. The highest BCUT2D eigenvalue weighted by molar-refractivity contribution is 5.07. The summed E-state index contributed by atoms with van der Waals surface area (Å²) in [5.41, 5.74) is 1.09. The van der Waals surface area contributed by atoms with Gasteiger partial charge in [0.15, 0.2) is 0 Å². The first-order chi connectivity index (χ1) is 6.86. The Labute approximate surface area is 85.6 Å². The number of nitrogens with zero attached hydrogens (tertiary/aromatic N) is 2. The van der Waals surface area contributed by atoms with Gasteiger partial charge in [0.25, 0.3) is 0 Å². The van der Waals surface area contributed by atoms with Crippen LogP contribution < -0.4 is 0 Å². The predicted molar refractivity (Wildman–Crippen MR) is 58.7 cm³/mol. The van der Waals surface area contributed by atoms with Crippen molar-refractivity contribution in [3.8, 4) is 0 Å². The van der Waals surface area contributed by atoms with Crippen molar-refractivity contribution >= 4 is 0 Å². The van der Waals surface area contributed by atoms with E-state index in [2.05, 4.69) is 29.2 Å². The summed E-state index contributed by atoms with van der Waals surface area (Å²) in [6.07, 6.45) is 8.46. The Kier molecular flexibility index (Phi) is 4.65. The van der Waals surface area contributed by atoms with Crippen molar-refractivity contribution in [1.29, 1.82) is 0 Å². The van der Waals surface area contributed by atoms with Crippen LogP contribution in [0.1, 0.15) is 5.56 Å². The lowest BCUT2D eigenvalue weighted by atomic mass is 10.2. The molecule has 2 heteroatoms. The van der Waals surface area contributed by atoms with Gasteiger partial charge in [-0.2, -0.15) is 0 Å². The molecule has 0 fully saturated rings. The molecule has 0 saturated heterocycles. The van der Waals surface area contributed by atoms with Crippen LogP contribution in [-0.4, -0.2) is 23.0 Å². The maximum atomic E-state index is 3.95. The molecule has 1 radical (unpaired) electrons. The summed E-state index contributed by atoms with van der Waals surface area (Å²) in [6.45, 7) is 10.00. The van der Waals surface area contributed by atoms with Crippen LogP contribution in [0, 0.1) is 6.20 Å². The first-order valence-electron chi connectivity index (χ1n) is 4.62. The molecule has 1 heterocycles. The largest absolute Gasteiger partial charge is 0.292 e. The summed E-state index contributed by atoms with van der Waals surface area (Å²) in [4.78, 5) is 6.17. The van der Waals surface area contributed by atoms with Crippen molar-refractivity contribution in [3.05, 3.63) is 55.4 Å². The molecule has 73 valence electrons. The van der Waals surface area contributed by atoms with Gasteiger partial charge < -0.3 is 0 Å². The van der Waals surface area contributed by atoms with E-state index in [1.54, 1.807) is 6.20 Å². The minimum Gasteiger partial charge on any atom is -0.292 e. The van der Waals surface area contributed by atoms with E-state index in [1.807, 2.05) is 24.3 Å². The summed E-state index contributed by atoms with van der Waals surface area (Å²) in [5.74, 6) is 0. The summed E-state index contributed by atoms with van der Waals surface area (Å²) in [7, 11) is 0. The van der Waals surface area contributed by atoms with E-state index in [9.17, 15) is 0 Å². The maximum absolute atomic E-state index is 3.95. The molecule has 0 bridgehead atoms. The van der Waals surface area contributed by atoms with Gasteiger partial charge in [-0.15, -0.1) is 13.2 Å². The average molecular weight is 187 g/mol. The second-order valence-electron chi connectivity index (χ2n) is 3.05. The molecule has 0 atom stereocenters. The van der Waals surface area contributed by atoms with E-state index in [1.165, 1.54) is 0 Å². The molecule has 0 unspecified atom stereocenters. The topological polar surface area (TPSA) is 16.1 Å². The third kappa shape index (κ3) is 3.54. The zero-order valence-corrected chi connectivity index (χ0v) is 8.32. The molecule has 1 aromatic rings. The Balaban J connectivity index is 2.54. The SMILES string of the molecule is C=CCN(CC=C)Cc1[c]nccc1. The summed E-state index contributed by atoms with van der Waals surface area (Å²) in [5, 5.41) is 0. The predicted octanol–water partition coefficient (Wildman–Crippen LogP) is 2.06. The molecule has 0 amide bonds. The molecule has 0 N–H and O–H groups in total. The molecule has 0 saturated carbocycles. The van der Waals surface area contributed by atoms with Crippen molar-refractivity contribution in [2.24, 2.45) is 0 Å². The summed E-state index contributed by atoms with van der Waals surface area (Å²) < 4.78 is 0. The van der Waals surface area contributed by atoms with Crippen LogP contribution in [0.4, 0.5) is 0 Å². The maximum Gasteiger partial charge on any atom is 0.0934 e. The molecule has 1 rings (SSSR count). The van der Waals surface area contributed by atoms with Crippen LogP contribution in [0.5, 0.6) is 0 Å². The molecule has 0 aliphatic rings. The number of pyridine rings is 1. The first-order valence-corrected chi connectivity index (χ1v) is 4.62. The van der Waals surface area contributed by atoms with Gasteiger partial charge in [0, 0.05) is 25.8 Å². The van der Waals surface area contributed by atoms with Crippen LogP contribution >= 0.6 is 0 Å². The highest BCUT2D eigenvalue weighted by Crippen LogP contribution is 2.01. The number of aromatic nitrogens is 1. The molecule has 0 aromatic carbocycles. The van der Waals surface area contributed by atoms with Gasteiger partial charge in [0.2, 0.25) is 0 Å². The van der Waals surface area contributed by atoms with Gasteiger partial charge in [0.1, 0.15) is 0 Å². The van der Waals surface area contributed by atoms with Gasteiger partial charge in [-0.05, 0) is 11.6 Å². The van der Waals surface area contributed by atoms with Gasteiger partial charge in [-0.25, -0.2) is 0 Å². The summed E-state index contributed by atoms with van der Waals surface area (Å²) >= 11 is 0. The van der Waals surface area contributed by atoms with E-state index in [0.29, 0.717) is 0 Å². The second-order valence-corrected chi connectivity index (χ2v) is 3.05. The number of hydrogen-bond donors (Lipinski definition) is 0. The van der Waals surface area contributed by atoms with Crippen LogP contribution in [0.3, 0.4) is 0 Å². The monoisotopic (exact) mass is 187 g/mol. The fourth-order valence-electron chi connectivity index (χ4n) is 1.26. The molecule has 0 aliphatic heterocycles. The number of hydrogen-bond acceptors (Lipinski definition) is 2. The number of rotatable bonds is 6. The van der Waals surface area contributed by atoms with E-state index >= 15 is 0 Å². The van der Waals surface area contributed by atoms with Crippen molar-refractivity contribution in [2.75, 3.05) is 13.1 Å². The molecule has 1 aromatic heterocycles. The zero-order valence-electron chi connectivity index (χ0n) is 8.32. The third-order valence-corrected chi connectivity index (χ3v) is 1.83. The van der Waals surface area contributed by atoms with Crippen molar-refractivity contribution < 1.29 is 0 Å². The molecule has 14 heavy (non-hydrogen) atoms. The van der Waals surface area contributed by atoms with Gasteiger partial charge >= 0.3 is 0 Å². The van der Waals surface area contributed by atoms with Crippen molar-refractivity contribution in [1.82, 2.24) is 9.88 Å². The lowest BCUT2D eigenvalue weighted by molar-refractivity contribution is 0.327. The molecule has 2 nitrogen and oxygen atoms in total. The standard InChI is InChI=1S/C12H15N2/c1-3-8-14(9-4-2)11-12-6-5-7-13-10-12/h3-7H,1-2,8-9,11H2. The Morgan fingerprint density at radius 3 is 2.57 bits per heavy atom. The van der Waals surface area contributed by atoms with E-state index in [-0.39, 0.29) is 0 Å². The van der Waals surface area contributed by atoms with Crippen molar-refractivity contribution in [3.63, 3.8) is 0 Å². The fraction of sp³-hybridized carbons (Fsp3) is 0.250. The quantitative estimate of drug-likeness (QED) is 0.634. The minimum atomic E-state index is 0.839. The highest BCUT2D eigenvalue weighted by atomic mass is 15.1. The molecule has 0 aliphatic carbocycles. The normalized spacial score (nSPS) is 10.1. The minimum absolute atomic E-state index is 0.839. The van der Waals surface area contributed by atoms with E-state index in [0.717, 1.165) is 25.2 Å². The fourth-order valence-corrected chi connectivity index (χ4v) is 1.26. The van der Waals surface area contributed by atoms with Crippen LogP contribution in [0.25, 0.3) is 0 Å². The van der Waals surface area contributed by atoms with Gasteiger partial charge in [0.05, 0.1) is 6.20 Å². The van der Waals surface area contributed by atoms with Crippen LogP contribution in [0.15, 0.2) is 43.6 Å². The second kappa shape index (κ2) is 6.11. The highest BCUT2D eigenvalue weighted by Gasteiger charge is 2.01. The lowest BCUT2D eigenvalue weighted by Gasteiger charge is -2.17. The molecular weight excluding hydrogens is 172 g/mol.